The van der Waals surface area contributed by atoms with Gasteiger partial charge in [0.05, 0.1) is 6.04 Å². The van der Waals surface area contributed by atoms with Gasteiger partial charge in [0, 0.05) is 56.5 Å². The van der Waals surface area contributed by atoms with Crippen LogP contribution >= 0.6 is 11.3 Å². The minimum atomic E-state index is 0.0911. The van der Waals surface area contributed by atoms with Crippen LogP contribution in [0.25, 0.3) is 0 Å². The van der Waals surface area contributed by atoms with Crippen LogP contribution in [0.5, 0.6) is 0 Å². The molecule has 0 aliphatic carbocycles. The number of amides is 2. The van der Waals surface area contributed by atoms with Crippen molar-refractivity contribution in [3.63, 3.8) is 0 Å². The molecule has 0 bridgehead atoms. The third-order valence-electron chi connectivity index (χ3n) is 8.21. The number of rotatable bonds is 11. The van der Waals surface area contributed by atoms with E-state index < -0.39 is 0 Å². The SMILES string of the molecule is CCCCCCCCC(=O)N1CCN(C(=O)CCN2CCc3sccc3[C@H]2c2ccccc2C)C[C@@H]1C. The number of benzene rings is 1. The fraction of sp³-hybridized carbons (Fsp3) is 0.613. The highest BCUT2D eigenvalue weighted by molar-refractivity contribution is 7.10. The van der Waals surface area contributed by atoms with Gasteiger partial charge in [0.25, 0.3) is 0 Å². The van der Waals surface area contributed by atoms with Crippen molar-refractivity contribution in [2.24, 2.45) is 0 Å². The van der Waals surface area contributed by atoms with Crippen molar-refractivity contribution in [2.45, 2.75) is 90.6 Å². The molecule has 2 amide bonds. The van der Waals surface area contributed by atoms with E-state index in [1.54, 1.807) is 0 Å². The third kappa shape index (κ3) is 7.02. The van der Waals surface area contributed by atoms with E-state index in [0.29, 0.717) is 32.5 Å². The van der Waals surface area contributed by atoms with Crippen molar-refractivity contribution in [2.75, 3.05) is 32.7 Å². The van der Waals surface area contributed by atoms with Gasteiger partial charge in [-0.25, -0.2) is 0 Å². The molecule has 1 aromatic carbocycles. The molecule has 1 saturated heterocycles. The van der Waals surface area contributed by atoms with E-state index in [9.17, 15) is 9.59 Å². The second-order valence-corrected chi connectivity index (χ2v) is 11.9. The van der Waals surface area contributed by atoms with Gasteiger partial charge in [-0.3, -0.25) is 14.5 Å². The van der Waals surface area contributed by atoms with Crippen molar-refractivity contribution >= 4 is 23.2 Å². The number of piperazine rings is 1. The Kier molecular flexibility index (Phi) is 10.2. The number of unbranched alkanes of at least 4 members (excludes halogenated alkanes) is 5. The highest BCUT2D eigenvalue weighted by Gasteiger charge is 2.32. The maximum absolute atomic E-state index is 13.3. The Morgan fingerprint density at radius 1 is 0.919 bits per heavy atom. The second-order valence-electron chi connectivity index (χ2n) is 10.9. The molecule has 37 heavy (non-hydrogen) atoms. The van der Waals surface area contributed by atoms with Crippen molar-refractivity contribution in [3.8, 4) is 0 Å². The van der Waals surface area contributed by atoms with Gasteiger partial charge in [-0.15, -0.1) is 11.3 Å². The van der Waals surface area contributed by atoms with Crippen molar-refractivity contribution in [1.29, 1.82) is 0 Å². The van der Waals surface area contributed by atoms with Crippen molar-refractivity contribution < 1.29 is 9.59 Å². The lowest BCUT2D eigenvalue weighted by atomic mass is 9.90. The average Bonchev–Trinajstić information content (AvgIpc) is 3.38. The smallest absolute Gasteiger partial charge is 0.223 e. The van der Waals surface area contributed by atoms with E-state index in [1.807, 2.05) is 21.1 Å². The van der Waals surface area contributed by atoms with Gasteiger partial charge in [0.15, 0.2) is 0 Å². The molecule has 2 aromatic rings. The number of fused-ring (bicyclic) bond motifs is 1. The van der Waals surface area contributed by atoms with Crippen LogP contribution < -0.4 is 0 Å². The molecule has 0 saturated carbocycles. The summed E-state index contributed by atoms with van der Waals surface area (Å²) in [5.74, 6) is 0.477. The molecule has 2 atom stereocenters. The summed E-state index contributed by atoms with van der Waals surface area (Å²) in [5.41, 5.74) is 4.06. The lowest BCUT2D eigenvalue weighted by molar-refractivity contribution is -0.142. The molecule has 0 unspecified atom stereocenters. The monoisotopic (exact) mass is 523 g/mol. The molecular weight excluding hydrogens is 478 g/mol. The van der Waals surface area contributed by atoms with E-state index in [0.717, 1.165) is 32.4 Å². The summed E-state index contributed by atoms with van der Waals surface area (Å²) in [5, 5.41) is 2.21. The van der Waals surface area contributed by atoms with Crippen LogP contribution in [0.15, 0.2) is 35.7 Å². The molecule has 5 nitrogen and oxygen atoms in total. The van der Waals surface area contributed by atoms with Crippen LogP contribution in [0.1, 0.15) is 92.8 Å². The largest absolute Gasteiger partial charge is 0.339 e. The summed E-state index contributed by atoms with van der Waals surface area (Å²) in [7, 11) is 0. The second kappa shape index (κ2) is 13.6. The number of hydrogen-bond donors (Lipinski definition) is 0. The molecule has 0 radical (unpaired) electrons. The third-order valence-corrected chi connectivity index (χ3v) is 9.20. The zero-order valence-corrected chi connectivity index (χ0v) is 23.9. The predicted octanol–water partition coefficient (Wildman–Crippen LogP) is 6.20. The molecule has 0 spiro atoms. The fourth-order valence-electron chi connectivity index (χ4n) is 6.02. The van der Waals surface area contributed by atoms with Gasteiger partial charge in [-0.2, -0.15) is 0 Å². The zero-order chi connectivity index (χ0) is 26.2. The van der Waals surface area contributed by atoms with Crippen LogP contribution in [-0.2, 0) is 16.0 Å². The zero-order valence-electron chi connectivity index (χ0n) is 23.1. The molecule has 2 aliphatic heterocycles. The molecule has 202 valence electrons. The normalized spacial score (nSPS) is 20.2. The molecule has 1 aromatic heterocycles. The molecule has 3 heterocycles. The first-order valence-electron chi connectivity index (χ1n) is 14.4. The number of carbonyl (C=O) groups excluding carboxylic acids is 2. The summed E-state index contributed by atoms with van der Waals surface area (Å²) in [6.07, 6.45) is 9.41. The summed E-state index contributed by atoms with van der Waals surface area (Å²) < 4.78 is 0. The molecule has 6 heteroatoms. The first-order chi connectivity index (χ1) is 18.0. The highest BCUT2D eigenvalue weighted by Crippen LogP contribution is 2.38. The van der Waals surface area contributed by atoms with Gasteiger partial charge in [0.1, 0.15) is 0 Å². The van der Waals surface area contributed by atoms with Crippen LogP contribution in [0, 0.1) is 6.92 Å². The molecule has 4 rings (SSSR count). The maximum Gasteiger partial charge on any atom is 0.223 e. The molecule has 2 aliphatic rings. The van der Waals surface area contributed by atoms with Gasteiger partial charge in [-0.05, 0) is 54.8 Å². The Hall–Kier alpha value is -2.18. The van der Waals surface area contributed by atoms with E-state index in [4.69, 9.17) is 0 Å². The first kappa shape index (κ1) is 27.8. The molecule has 0 N–H and O–H groups in total. The Morgan fingerprint density at radius 3 is 2.49 bits per heavy atom. The van der Waals surface area contributed by atoms with Gasteiger partial charge >= 0.3 is 0 Å². The van der Waals surface area contributed by atoms with Crippen LogP contribution in [0.4, 0.5) is 0 Å². The standard InChI is InChI=1S/C31H45N3O2S/c1-4-5-6-7-8-9-14-30(36)34-21-20-33(23-25(34)3)29(35)16-19-32-18-15-28-27(17-22-37-28)31(32)26-13-11-10-12-24(26)2/h10-13,17,22,25,31H,4-9,14-16,18-21,23H2,1-3H3/t25-,31+/m0/s1. The minimum absolute atomic E-state index is 0.0911. The summed E-state index contributed by atoms with van der Waals surface area (Å²) >= 11 is 1.86. The van der Waals surface area contributed by atoms with E-state index in [2.05, 4.69) is 61.4 Å². The Labute approximate surface area is 227 Å². The fourth-order valence-corrected chi connectivity index (χ4v) is 6.92. The van der Waals surface area contributed by atoms with Gasteiger partial charge in [-0.1, -0.05) is 63.3 Å². The predicted molar refractivity (Wildman–Crippen MR) is 153 cm³/mol. The highest BCUT2D eigenvalue weighted by atomic mass is 32.1. The Bertz CT molecular complexity index is 1030. The Balaban J connectivity index is 1.28. The van der Waals surface area contributed by atoms with Gasteiger partial charge < -0.3 is 9.80 Å². The number of hydrogen-bond acceptors (Lipinski definition) is 4. The Morgan fingerprint density at radius 2 is 1.70 bits per heavy atom. The van der Waals surface area contributed by atoms with E-state index in [-0.39, 0.29) is 23.9 Å². The average molecular weight is 524 g/mol. The molecular formula is C31H45N3O2S. The number of carbonyl (C=O) groups is 2. The number of aryl methyl sites for hydroxylation is 1. The number of nitrogens with zero attached hydrogens (tertiary/aromatic N) is 3. The first-order valence-corrected chi connectivity index (χ1v) is 15.3. The topological polar surface area (TPSA) is 43.9 Å². The minimum Gasteiger partial charge on any atom is -0.339 e. The number of thiophene rings is 1. The van der Waals surface area contributed by atoms with Crippen molar-refractivity contribution in [1.82, 2.24) is 14.7 Å². The van der Waals surface area contributed by atoms with Crippen LogP contribution in [0.2, 0.25) is 0 Å². The lowest BCUT2D eigenvalue weighted by Gasteiger charge is -2.41. The summed E-state index contributed by atoms with van der Waals surface area (Å²) in [6.45, 7) is 10.2. The van der Waals surface area contributed by atoms with Crippen LogP contribution in [-0.4, -0.2) is 65.3 Å². The summed E-state index contributed by atoms with van der Waals surface area (Å²) in [6, 6.07) is 11.2. The quantitative estimate of drug-likeness (QED) is 0.329. The van der Waals surface area contributed by atoms with E-state index >= 15 is 0 Å². The van der Waals surface area contributed by atoms with Gasteiger partial charge in [0.2, 0.25) is 11.8 Å². The lowest BCUT2D eigenvalue weighted by Crippen LogP contribution is -2.55. The maximum atomic E-state index is 13.3. The van der Waals surface area contributed by atoms with Crippen molar-refractivity contribution in [3.05, 3.63) is 57.3 Å². The van der Waals surface area contributed by atoms with Crippen LogP contribution in [0.3, 0.4) is 0 Å². The summed E-state index contributed by atoms with van der Waals surface area (Å²) in [4.78, 5) is 34.0. The molecule has 1 fully saturated rings. The van der Waals surface area contributed by atoms with E-state index in [1.165, 1.54) is 47.3 Å².